The highest BCUT2D eigenvalue weighted by Crippen LogP contribution is 2.35. The van der Waals surface area contributed by atoms with Gasteiger partial charge in [-0.2, -0.15) is 0 Å². The molecule has 1 amide bonds. The molecule has 3 aromatic rings. The molecule has 0 aliphatic carbocycles. The van der Waals surface area contributed by atoms with Crippen LogP contribution in [-0.4, -0.2) is 35.5 Å². The van der Waals surface area contributed by atoms with Gasteiger partial charge in [-0.1, -0.05) is 30.1 Å². The van der Waals surface area contributed by atoms with Crippen molar-refractivity contribution in [1.82, 2.24) is 9.97 Å². The Morgan fingerprint density at radius 3 is 2.63 bits per heavy atom. The number of halogens is 2. The first-order valence-electron chi connectivity index (χ1n) is 10.3. The second-order valence-electron chi connectivity index (χ2n) is 7.51. The maximum absolute atomic E-state index is 13.8. The monoisotopic (exact) mass is 446 g/mol. The van der Waals surface area contributed by atoms with Gasteiger partial charge in [0.25, 0.3) is 5.91 Å². The van der Waals surface area contributed by atoms with Gasteiger partial charge in [-0.15, -0.1) is 0 Å². The maximum atomic E-state index is 13.8. The van der Waals surface area contributed by atoms with Crippen LogP contribution in [0.15, 0.2) is 28.9 Å². The SMILES string of the molecule is CCCN(C(=O)c1c(C)oc2ncnc(N3CCCCC3)c12)c1ccc(Cl)c(Cl)c1. The van der Waals surface area contributed by atoms with Crippen molar-refractivity contribution in [2.45, 2.75) is 39.5 Å². The molecule has 1 aliphatic rings. The Labute approximate surface area is 185 Å². The van der Waals surface area contributed by atoms with Gasteiger partial charge in [-0.25, -0.2) is 9.97 Å². The summed E-state index contributed by atoms with van der Waals surface area (Å²) in [5, 5.41) is 1.55. The molecule has 0 N–H and O–H groups in total. The first-order chi connectivity index (χ1) is 14.5. The van der Waals surface area contributed by atoms with Crippen LogP contribution in [0.5, 0.6) is 0 Å². The average Bonchev–Trinajstić information content (AvgIpc) is 3.10. The molecule has 0 bridgehead atoms. The fourth-order valence-corrected chi connectivity index (χ4v) is 4.28. The van der Waals surface area contributed by atoms with Crippen LogP contribution in [0.25, 0.3) is 11.1 Å². The van der Waals surface area contributed by atoms with Crippen LogP contribution >= 0.6 is 23.2 Å². The minimum atomic E-state index is -0.153. The smallest absolute Gasteiger partial charge is 0.262 e. The molecule has 30 heavy (non-hydrogen) atoms. The van der Waals surface area contributed by atoms with E-state index in [1.54, 1.807) is 30.0 Å². The molecule has 4 rings (SSSR count). The molecular weight excluding hydrogens is 423 g/mol. The van der Waals surface area contributed by atoms with Crippen LogP contribution in [0.1, 0.15) is 48.7 Å². The summed E-state index contributed by atoms with van der Waals surface area (Å²) in [6.07, 6.45) is 5.72. The van der Waals surface area contributed by atoms with Crippen molar-refractivity contribution in [3.8, 4) is 0 Å². The topological polar surface area (TPSA) is 62.5 Å². The number of amides is 1. The molecule has 0 radical (unpaired) electrons. The van der Waals surface area contributed by atoms with Gasteiger partial charge >= 0.3 is 0 Å². The Hall–Kier alpha value is -2.31. The number of aryl methyl sites for hydroxylation is 1. The van der Waals surface area contributed by atoms with Gasteiger partial charge in [0.1, 0.15) is 17.9 Å². The first-order valence-corrected chi connectivity index (χ1v) is 11.0. The summed E-state index contributed by atoms with van der Waals surface area (Å²) in [4.78, 5) is 26.5. The van der Waals surface area contributed by atoms with E-state index in [9.17, 15) is 4.79 Å². The summed E-state index contributed by atoms with van der Waals surface area (Å²) in [5.41, 5.74) is 1.64. The molecule has 0 atom stereocenters. The summed E-state index contributed by atoms with van der Waals surface area (Å²) in [5.74, 6) is 1.15. The fraction of sp³-hybridized carbons (Fsp3) is 0.409. The Morgan fingerprint density at radius 2 is 1.93 bits per heavy atom. The van der Waals surface area contributed by atoms with Gasteiger partial charge in [-0.3, -0.25) is 4.79 Å². The van der Waals surface area contributed by atoms with Gasteiger partial charge in [0.2, 0.25) is 5.71 Å². The zero-order valence-corrected chi connectivity index (χ0v) is 18.6. The molecule has 6 nitrogen and oxygen atoms in total. The van der Waals surface area contributed by atoms with Crippen LogP contribution in [0.3, 0.4) is 0 Å². The molecular formula is C22H24Cl2N4O2. The largest absolute Gasteiger partial charge is 0.442 e. The number of aromatic nitrogens is 2. The first kappa shape index (κ1) is 20.9. The van der Waals surface area contributed by atoms with Crippen molar-refractivity contribution in [2.24, 2.45) is 0 Å². The van der Waals surface area contributed by atoms with E-state index in [1.807, 2.05) is 6.92 Å². The predicted octanol–water partition coefficient (Wildman–Crippen LogP) is 5.89. The molecule has 1 aliphatic heterocycles. The maximum Gasteiger partial charge on any atom is 0.262 e. The number of hydrogen-bond acceptors (Lipinski definition) is 5. The van der Waals surface area contributed by atoms with Gasteiger partial charge < -0.3 is 14.2 Å². The molecule has 1 fully saturated rings. The van der Waals surface area contributed by atoms with Gasteiger partial charge in [0.05, 0.1) is 21.0 Å². The van der Waals surface area contributed by atoms with Gasteiger partial charge in [0.15, 0.2) is 0 Å². The van der Waals surface area contributed by atoms with E-state index in [1.165, 1.54) is 12.7 Å². The van der Waals surface area contributed by atoms with E-state index < -0.39 is 0 Å². The van der Waals surface area contributed by atoms with Crippen molar-refractivity contribution in [2.75, 3.05) is 29.4 Å². The third-order valence-corrected chi connectivity index (χ3v) is 6.16. The van der Waals surface area contributed by atoms with Crippen molar-refractivity contribution < 1.29 is 9.21 Å². The number of piperidine rings is 1. The van der Waals surface area contributed by atoms with E-state index in [4.69, 9.17) is 27.6 Å². The van der Waals surface area contributed by atoms with Crippen LogP contribution in [-0.2, 0) is 0 Å². The number of benzene rings is 1. The highest BCUT2D eigenvalue weighted by Gasteiger charge is 2.29. The standard InChI is InChI=1S/C22H24Cl2N4O2/c1-3-9-28(15-7-8-16(23)17(24)12-15)22(29)18-14(2)30-21-19(18)20(25-13-26-21)27-10-5-4-6-11-27/h7-8,12-13H,3-6,9-11H2,1-2H3. The van der Waals surface area contributed by atoms with Crippen molar-refractivity contribution in [3.63, 3.8) is 0 Å². The number of hydrogen-bond donors (Lipinski definition) is 0. The number of carbonyl (C=O) groups is 1. The van der Waals surface area contributed by atoms with Crippen LogP contribution < -0.4 is 9.80 Å². The third-order valence-electron chi connectivity index (χ3n) is 5.42. The number of carbonyl (C=O) groups excluding carboxylic acids is 1. The molecule has 2 aromatic heterocycles. The lowest BCUT2D eigenvalue weighted by Crippen LogP contribution is -2.33. The average molecular weight is 447 g/mol. The van der Waals surface area contributed by atoms with E-state index in [0.29, 0.717) is 44.7 Å². The highest BCUT2D eigenvalue weighted by atomic mass is 35.5. The third kappa shape index (κ3) is 3.86. The zero-order chi connectivity index (χ0) is 21.3. The van der Waals surface area contributed by atoms with E-state index >= 15 is 0 Å². The van der Waals surface area contributed by atoms with Crippen LogP contribution in [0.4, 0.5) is 11.5 Å². The Morgan fingerprint density at radius 1 is 1.17 bits per heavy atom. The number of fused-ring (bicyclic) bond motifs is 1. The van der Waals surface area contributed by atoms with E-state index in [2.05, 4.69) is 14.9 Å². The van der Waals surface area contributed by atoms with Crippen molar-refractivity contribution >= 4 is 51.7 Å². The minimum Gasteiger partial charge on any atom is -0.442 e. The Kier molecular flexibility index (Phi) is 6.16. The van der Waals surface area contributed by atoms with Crippen molar-refractivity contribution in [1.29, 1.82) is 0 Å². The normalized spacial score (nSPS) is 14.3. The fourth-order valence-electron chi connectivity index (χ4n) is 3.99. The molecule has 1 aromatic carbocycles. The molecule has 158 valence electrons. The summed E-state index contributed by atoms with van der Waals surface area (Å²) >= 11 is 12.3. The number of nitrogens with zero attached hydrogens (tertiary/aromatic N) is 4. The Bertz CT molecular complexity index is 1080. The lowest BCUT2D eigenvalue weighted by atomic mass is 10.1. The van der Waals surface area contributed by atoms with Gasteiger partial charge in [-0.05, 0) is 50.8 Å². The van der Waals surface area contributed by atoms with Crippen molar-refractivity contribution in [3.05, 3.63) is 45.9 Å². The second kappa shape index (κ2) is 8.82. The number of anilines is 2. The number of furan rings is 1. The zero-order valence-electron chi connectivity index (χ0n) is 17.1. The summed E-state index contributed by atoms with van der Waals surface area (Å²) < 4.78 is 5.89. The highest BCUT2D eigenvalue weighted by molar-refractivity contribution is 6.42. The van der Waals surface area contributed by atoms with Gasteiger partial charge in [0, 0.05) is 25.3 Å². The molecule has 1 saturated heterocycles. The molecule has 8 heteroatoms. The lowest BCUT2D eigenvalue weighted by molar-refractivity contribution is 0.0987. The van der Waals surface area contributed by atoms with E-state index in [-0.39, 0.29) is 5.91 Å². The van der Waals surface area contributed by atoms with E-state index in [0.717, 1.165) is 38.2 Å². The molecule has 0 unspecified atom stereocenters. The van der Waals surface area contributed by atoms with Crippen LogP contribution in [0, 0.1) is 6.92 Å². The van der Waals surface area contributed by atoms with Crippen LogP contribution in [0.2, 0.25) is 10.0 Å². The summed E-state index contributed by atoms with van der Waals surface area (Å²) in [6, 6.07) is 5.23. The summed E-state index contributed by atoms with van der Waals surface area (Å²) in [7, 11) is 0. The predicted molar refractivity (Wildman–Crippen MR) is 121 cm³/mol. The Balaban J connectivity index is 1.83. The molecule has 3 heterocycles. The molecule has 0 saturated carbocycles. The number of rotatable bonds is 5. The lowest BCUT2D eigenvalue weighted by Gasteiger charge is -2.28. The summed E-state index contributed by atoms with van der Waals surface area (Å²) in [6.45, 7) is 6.19. The molecule has 0 spiro atoms. The minimum absolute atomic E-state index is 0.153. The quantitative estimate of drug-likeness (QED) is 0.489. The second-order valence-corrected chi connectivity index (χ2v) is 8.33.